The van der Waals surface area contributed by atoms with Crippen LogP contribution >= 0.6 is 11.6 Å². The molecule has 2 amide bonds. The van der Waals surface area contributed by atoms with E-state index in [0.717, 1.165) is 18.4 Å². The number of amides is 2. The maximum Gasteiger partial charge on any atom is 0.253 e. The number of nitrogens with zero attached hydrogens (tertiary/aromatic N) is 1. The predicted molar refractivity (Wildman–Crippen MR) is 101 cm³/mol. The van der Waals surface area contributed by atoms with Crippen molar-refractivity contribution in [2.45, 2.75) is 25.5 Å². The van der Waals surface area contributed by atoms with E-state index in [1.165, 1.54) is 0 Å². The van der Waals surface area contributed by atoms with Gasteiger partial charge >= 0.3 is 0 Å². The first-order valence-corrected chi connectivity index (χ1v) is 8.94. The summed E-state index contributed by atoms with van der Waals surface area (Å²) in [7, 11) is 1.73. The summed E-state index contributed by atoms with van der Waals surface area (Å²) < 4.78 is 5.38. The Morgan fingerprint density at radius 3 is 2.77 bits per heavy atom. The molecule has 5 nitrogen and oxygen atoms in total. The molecule has 1 atom stereocenters. The van der Waals surface area contributed by atoms with E-state index in [-0.39, 0.29) is 11.8 Å². The van der Waals surface area contributed by atoms with E-state index in [1.54, 1.807) is 42.3 Å². The first-order valence-electron chi connectivity index (χ1n) is 8.56. The molecule has 0 bridgehead atoms. The van der Waals surface area contributed by atoms with Crippen LogP contribution in [0.25, 0.3) is 0 Å². The molecular weight excluding hydrogens is 352 g/mol. The highest BCUT2D eigenvalue weighted by Gasteiger charge is 2.23. The molecule has 1 unspecified atom stereocenters. The van der Waals surface area contributed by atoms with Crippen molar-refractivity contribution in [1.29, 1.82) is 0 Å². The second kappa shape index (κ2) is 8.34. The van der Waals surface area contributed by atoms with Crippen LogP contribution in [0.15, 0.2) is 48.5 Å². The zero-order valence-electron chi connectivity index (χ0n) is 14.6. The quantitative estimate of drug-likeness (QED) is 0.870. The zero-order valence-corrected chi connectivity index (χ0v) is 15.3. The van der Waals surface area contributed by atoms with Gasteiger partial charge in [-0.25, -0.2) is 0 Å². The Morgan fingerprint density at radius 1 is 1.23 bits per heavy atom. The summed E-state index contributed by atoms with van der Waals surface area (Å²) in [6.45, 7) is 1.02. The standard InChI is InChI=1S/C20H21ClN2O3/c1-23(13-15-6-2-3-9-17(15)21)20(25)14-7-4-8-16(12-14)22-19(24)18-10-5-11-26-18/h2-4,6-9,12,18H,5,10-11,13H2,1H3,(H,22,24). The van der Waals surface area contributed by atoms with Gasteiger partial charge in [0.1, 0.15) is 6.10 Å². The van der Waals surface area contributed by atoms with E-state index in [0.29, 0.717) is 29.4 Å². The SMILES string of the molecule is CN(Cc1ccccc1Cl)C(=O)c1cccc(NC(=O)C2CCCO2)c1. The maximum atomic E-state index is 12.7. The van der Waals surface area contributed by atoms with E-state index in [4.69, 9.17) is 16.3 Å². The van der Waals surface area contributed by atoms with Gasteiger partial charge in [-0.2, -0.15) is 0 Å². The van der Waals surface area contributed by atoms with Crippen LogP contribution in [-0.2, 0) is 16.1 Å². The fourth-order valence-corrected chi connectivity index (χ4v) is 3.11. The molecule has 0 spiro atoms. The molecule has 1 N–H and O–H groups in total. The van der Waals surface area contributed by atoms with Crippen LogP contribution < -0.4 is 5.32 Å². The molecule has 2 aromatic carbocycles. The lowest BCUT2D eigenvalue weighted by atomic mass is 10.1. The molecule has 0 aromatic heterocycles. The number of nitrogens with one attached hydrogen (secondary N) is 1. The van der Waals surface area contributed by atoms with Gasteiger partial charge in [0.2, 0.25) is 0 Å². The molecule has 1 aliphatic heterocycles. The Kier molecular flexibility index (Phi) is 5.91. The normalized spacial score (nSPS) is 16.3. The van der Waals surface area contributed by atoms with Crippen LogP contribution in [0.5, 0.6) is 0 Å². The van der Waals surface area contributed by atoms with Gasteiger partial charge in [0.25, 0.3) is 11.8 Å². The third-order valence-electron chi connectivity index (χ3n) is 4.31. The molecule has 0 saturated carbocycles. The van der Waals surface area contributed by atoms with Crippen LogP contribution in [0.3, 0.4) is 0 Å². The number of rotatable bonds is 5. The molecule has 1 saturated heterocycles. The third-order valence-corrected chi connectivity index (χ3v) is 4.68. The van der Waals surface area contributed by atoms with Crippen molar-refractivity contribution in [1.82, 2.24) is 4.90 Å². The molecule has 1 aliphatic rings. The van der Waals surface area contributed by atoms with E-state index in [9.17, 15) is 9.59 Å². The summed E-state index contributed by atoms with van der Waals surface area (Å²) in [5.41, 5.74) is 1.97. The number of anilines is 1. The van der Waals surface area contributed by atoms with Gasteiger partial charge in [0.15, 0.2) is 0 Å². The minimum Gasteiger partial charge on any atom is -0.368 e. The molecule has 26 heavy (non-hydrogen) atoms. The van der Waals surface area contributed by atoms with E-state index in [1.807, 2.05) is 18.2 Å². The fraction of sp³-hybridized carbons (Fsp3) is 0.300. The summed E-state index contributed by atoms with van der Waals surface area (Å²) >= 11 is 6.17. The highest BCUT2D eigenvalue weighted by Crippen LogP contribution is 2.19. The lowest BCUT2D eigenvalue weighted by Crippen LogP contribution is -2.28. The van der Waals surface area contributed by atoms with E-state index in [2.05, 4.69) is 5.32 Å². The van der Waals surface area contributed by atoms with Crippen molar-refractivity contribution < 1.29 is 14.3 Å². The van der Waals surface area contributed by atoms with Gasteiger partial charge in [-0.1, -0.05) is 35.9 Å². The van der Waals surface area contributed by atoms with Crippen LogP contribution in [0.2, 0.25) is 5.02 Å². The monoisotopic (exact) mass is 372 g/mol. The van der Waals surface area contributed by atoms with Gasteiger partial charge in [-0.05, 0) is 42.7 Å². The van der Waals surface area contributed by atoms with Crippen LogP contribution in [0.1, 0.15) is 28.8 Å². The zero-order chi connectivity index (χ0) is 18.5. The molecule has 1 heterocycles. The average Bonchev–Trinajstić information content (AvgIpc) is 3.18. The Hall–Kier alpha value is -2.37. The van der Waals surface area contributed by atoms with Gasteiger partial charge in [0.05, 0.1) is 0 Å². The molecule has 0 aliphatic carbocycles. The van der Waals surface area contributed by atoms with Crippen molar-refractivity contribution in [2.24, 2.45) is 0 Å². The summed E-state index contributed by atoms with van der Waals surface area (Å²) in [6, 6.07) is 14.4. The molecule has 0 radical (unpaired) electrons. The first kappa shape index (κ1) is 18.4. The summed E-state index contributed by atoms with van der Waals surface area (Å²) in [6.07, 6.45) is 1.21. The summed E-state index contributed by atoms with van der Waals surface area (Å²) in [5.74, 6) is -0.311. The van der Waals surface area contributed by atoms with Crippen molar-refractivity contribution in [3.05, 3.63) is 64.7 Å². The molecule has 1 fully saturated rings. The third kappa shape index (κ3) is 4.42. The number of carbonyl (C=O) groups excluding carboxylic acids is 2. The van der Waals surface area contributed by atoms with Gasteiger partial charge in [0, 0.05) is 36.5 Å². The van der Waals surface area contributed by atoms with E-state index < -0.39 is 6.10 Å². The number of halogens is 1. The Bertz CT molecular complexity index is 803. The van der Waals surface area contributed by atoms with Gasteiger partial charge in [-0.15, -0.1) is 0 Å². The minimum atomic E-state index is -0.405. The Morgan fingerprint density at radius 2 is 2.04 bits per heavy atom. The van der Waals surface area contributed by atoms with Gasteiger partial charge < -0.3 is 15.0 Å². The number of carbonyl (C=O) groups is 2. The van der Waals surface area contributed by atoms with Gasteiger partial charge in [-0.3, -0.25) is 9.59 Å². The summed E-state index contributed by atoms with van der Waals surface area (Å²) in [4.78, 5) is 26.5. The number of ether oxygens (including phenoxy) is 1. The van der Waals surface area contributed by atoms with E-state index >= 15 is 0 Å². The predicted octanol–water partition coefficient (Wildman–Crippen LogP) is 3.73. The Balaban J connectivity index is 1.67. The second-order valence-electron chi connectivity index (χ2n) is 6.32. The number of hydrogen-bond donors (Lipinski definition) is 1. The first-order chi connectivity index (χ1) is 12.5. The molecular formula is C20H21ClN2O3. The second-order valence-corrected chi connectivity index (χ2v) is 6.73. The smallest absolute Gasteiger partial charge is 0.253 e. The molecule has 136 valence electrons. The largest absolute Gasteiger partial charge is 0.368 e. The van der Waals surface area contributed by atoms with Crippen LogP contribution in [0, 0.1) is 0 Å². The summed E-state index contributed by atoms with van der Waals surface area (Å²) in [5, 5.41) is 3.45. The minimum absolute atomic E-state index is 0.141. The molecule has 6 heteroatoms. The van der Waals surface area contributed by atoms with Crippen molar-refractivity contribution >= 4 is 29.1 Å². The highest BCUT2D eigenvalue weighted by atomic mass is 35.5. The topological polar surface area (TPSA) is 58.6 Å². The highest BCUT2D eigenvalue weighted by molar-refractivity contribution is 6.31. The number of hydrogen-bond acceptors (Lipinski definition) is 3. The number of benzene rings is 2. The van der Waals surface area contributed by atoms with Crippen LogP contribution in [-0.4, -0.2) is 36.5 Å². The van der Waals surface area contributed by atoms with Crippen molar-refractivity contribution in [3.63, 3.8) is 0 Å². The van der Waals surface area contributed by atoms with Crippen molar-refractivity contribution in [2.75, 3.05) is 19.0 Å². The lowest BCUT2D eigenvalue weighted by Gasteiger charge is -2.19. The Labute approximate surface area is 157 Å². The molecule has 2 aromatic rings. The van der Waals surface area contributed by atoms with Crippen LogP contribution in [0.4, 0.5) is 5.69 Å². The molecule has 3 rings (SSSR count). The maximum absolute atomic E-state index is 12.7. The lowest BCUT2D eigenvalue weighted by molar-refractivity contribution is -0.124. The fourth-order valence-electron chi connectivity index (χ4n) is 2.91. The van der Waals surface area contributed by atoms with Crippen molar-refractivity contribution in [3.8, 4) is 0 Å². The average molecular weight is 373 g/mol.